The summed E-state index contributed by atoms with van der Waals surface area (Å²) in [7, 11) is 0. The third-order valence-electron chi connectivity index (χ3n) is 2.55. The van der Waals surface area contributed by atoms with Crippen molar-refractivity contribution in [1.29, 1.82) is 0 Å². The average Bonchev–Trinajstić information content (AvgIpc) is 2.16. The van der Waals surface area contributed by atoms with Gasteiger partial charge in [0.05, 0.1) is 12.2 Å². The van der Waals surface area contributed by atoms with Crippen molar-refractivity contribution >= 4 is 5.82 Å². The molecular formula is C12H17N2O. The molecule has 15 heavy (non-hydrogen) atoms. The number of rotatable bonds is 1. The van der Waals surface area contributed by atoms with Gasteiger partial charge in [0.2, 0.25) is 0 Å². The normalized spacial score (nSPS) is 26.7. The summed E-state index contributed by atoms with van der Waals surface area (Å²) in [5.74, 6) is 1.04. The van der Waals surface area contributed by atoms with Crippen molar-refractivity contribution in [3.8, 4) is 0 Å². The van der Waals surface area contributed by atoms with Crippen LogP contribution in [0.5, 0.6) is 0 Å². The molecule has 1 saturated heterocycles. The first-order valence-electron chi connectivity index (χ1n) is 5.41. The minimum atomic E-state index is 0.278. The minimum Gasteiger partial charge on any atom is -0.372 e. The monoisotopic (exact) mass is 205 g/mol. The number of hydrogen-bond acceptors (Lipinski definition) is 3. The third-order valence-corrected chi connectivity index (χ3v) is 2.55. The summed E-state index contributed by atoms with van der Waals surface area (Å²) in [6.45, 7) is 8.01. The second kappa shape index (κ2) is 4.19. The summed E-state index contributed by atoms with van der Waals surface area (Å²) in [6, 6.07) is 7.01. The molecule has 3 nitrogen and oxygen atoms in total. The predicted molar refractivity (Wildman–Crippen MR) is 60.0 cm³/mol. The fourth-order valence-electron chi connectivity index (χ4n) is 2.02. The van der Waals surface area contributed by atoms with Crippen molar-refractivity contribution in [3.63, 3.8) is 0 Å². The van der Waals surface area contributed by atoms with Gasteiger partial charge >= 0.3 is 0 Å². The average molecular weight is 205 g/mol. The Hall–Kier alpha value is -1.09. The Kier molecular flexibility index (Phi) is 2.91. The Morgan fingerprint density at radius 2 is 2.07 bits per heavy atom. The van der Waals surface area contributed by atoms with Gasteiger partial charge in [0.1, 0.15) is 5.82 Å². The Morgan fingerprint density at radius 1 is 1.40 bits per heavy atom. The number of anilines is 1. The maximum absolute atomic E-state index is 5.69. The summed E-state index contributed by atoms with van der Waals surface area (Å²) in [6.07, 6.45) is 0.556. The molecule has 1 aromatic heterocycles. The minimum absolute atomic E-state index is 0.278. The number of pyridine rings is 1. The van der Waals surface area contributed by atoms with E-state index >= 15 is 0 Å². The fourth-order valence-corrected chi connectivity index (χ4v) is 2.02. The van der Waals surface area contributed by atoms with E-state index in [9.17, 15) is 0 Å². The van der Waals surface area contributed by atoms with Crippen molar-refractivity contribution in [2.24, 2.45) is 0 Å². The van der Waals surface area contributed by atoms with Gasteiger partial charge in [-0.1, -0.05) is 0 Å². The lowest BCUT2D eigenvalue weighted by atomic mass is 10.2. The number of aromatic nitrogens is 1. The zero-order chi connectivity index (χ0) is 10.8. The van der Waals surface area contributed by atoms with Crippen molar-refractivity contribution in [1.82, 2.24) is 4.98 Å². The SMILES string of the molecule is Cc1[c]ccc(N2CC(C)OC(C)C2)n1. The van der Waals surface area contributed by atoms with Crippen LogP contribution in [0, 0.1) is 13.0 Å². The largest absolute Gasteiger partial charge is 0.372 e. The lowest BCUT2D eigenvalue weighted by molar-refractivity contribution is -0.00546. The highest BCUT2D eigenvalue weighted by molar-refractivity contribution is 5.39. The molecule has 2 unspecified atom stereocenters. The zero-order valence-electron chi connectivity index (χ0n) is 9.53. The molecule has 3 heteroatoms. The van der Waals surface area contributed by atoms with Gasteiger partial charge in [0.15, 0.2) is 0 Å². The van der Waals surface area contributed by atoms with Crippen LogP contribution in [-0.2, 0) is 4.74 Å². The molecule has 2 atom stereocenters. The third kappa shape index (κ3) is 2.48. The van der Waals surface area contributed by atoms with Gasteiger partial charge < -0.3 is 9.64 Å². The van der Waals surface area contributed by atoms with E-state index in [-0.39, 0.29) is 12.2 Å². The van der Waals surface area contributed by atoms with Crippen LogP contribution in [0.25, 0.3) is 0 Å². The lowest BCUT2D eigenvalue weighted by Crippen LogP contribution is -2.45. The first kappa shape index (κ1) is 10.4. The second-order valence-electron chi connectivity index (χ2n) is 4.20. The van der Waals surface area contributed by atoms with Crippen LogP contribution in [0.4, 0.5) is 5.82 Å². The van der Waals surface area contributed by atoms with Gasteiger partial charge in [0.25, 0.3) is 0 Å². The van der Waals surface area contributed by atoms with Gasteiger partial charge in [-0.3, -0.25) is 0 Å². The lowest BCUT2D eigenvalue weighted by Gasteiger charge is -2.36. The Morgan fingerprint density at radius 3 is 2.67 bits per heavy atom. The van der Waals surface area contributed by atoms with E-state index in [0.29, 0.717) is 0 Å². The molecule has 1 aliphatic heterocycles. The number of aryl methyl sites for hydroxylation is 1. The summed E-state index contributed by atoms with van der Waals surface area (Å²) >= 11 is 0. The standard InChI is InChI=1S/C12H17N2O/c1-9-5-4-6-12(13-9)14-7-10(2)15-11(3)8-14/h4,6,10-11H,7-8H2,1-3H3. The van der Waals surface area contributed by atoms with Crippen LogP contribution in [0.3, 0.4) is 0 Å². The maximum Gasteiger partial charge on any atom is 0.129 e. The maximum atomic E-state index is 5.69. The topological polar surface area (TPSA) is 25.4 Å². The molecule has 2 rings (SSSR count). The molecule has 0 amide bonds. The van der Waals surface area contributed by atoms with Gasteiger partial charge in [0, 0.05) is 24.8 Å². The Balaban J connectivity index is 2.16. The van der Waals surface area contributed by atoms with E-state index < -0.39 is 0 Å². The Labute approximate surface area is 91.1 Å². The zero-order valence-corrected chi connectivity index (χ0v) is 9.53. The molecule has 0 aliphatic carbocycles. The highest BCUT2D eigenvalue weighted by Gasteiger charge is 2.22. The second-order valence-corrected chi connectivity index (χ2v) is 4.20. The molecule has 81 valence electrons. The fraction of sp³-hybridized carbons (Fsp3) is 0.583. The van der Waals surface area contributed by atoms with E-state index in [0.717, 1.165) is 24.6 Å². The van der Waals surface area contributed by atoms with Crippen LogP contribution in [-0.4, -0.2) is 30.3 Å². The van der Waals surface area contributed by atoms with Crippen molar-refractivity contribution < 1.29 is 4.74 Å². The highest BCUT2D eigenvalue weighted by atomic mass is 16.5. The van der Waals surface area contributed by atoms with Gasteiger partial charge in [-0.2, -0.15) is 0 Å². The van der Waals surface area contributed by atoms with Crippen LogP contribution in [0.1, 0.15) is 19.5 Å². The van der Waals surface area contributed by atoms with Crippen molar-refractivity contribution in [2.45, 2.75) is 33.0 Å². The van der Waals surface area contributed by atoms with Gasteiger partial charge in [-0.15, -0.1) is 0 Å². The molecule has 0 saturated carbocycles. The van der Waals surface area contributed by atoms with Crippen LogP contribution < -0.4 is 4.90 Å². The van der Waals surface area contributed by atoms with Gasteiger partial charge in [-0.25, -0.2) is 4.98 Å². The number of nitrogens with zero attached hydrogens (tertiary/aromatic N) is 2. The van der Waals surface area contributed by atoms with E-state index in [2.05, 4.69) is 29.8 Å². The van der Waals surface area contributed by atoms with Crippen molar-refractivity contribution in [3.05, 3.63) is 23.9 Å². The van der Waals surface area contributed by atoms with E-state index in [1.165, 1.54) is 0 Å². The quantitative estimate of drug-likeness (QED) is 0.699. The summed E-state index contributed by atoms with van der Waals surface area (Å²) in [5, 5.41) is 0. The molecule has 0 aromatic carbocycles. The van der Waals surface area contributed by atoms with Crippen LogP contribution in [0.15, 0.2) is 12.1 Å². The summed E-state index contributed by atoms with van der Waals surface area (Å²) in [4.78, 5) is 6.76. The first-order valence-corrected chi connectivity index (χ1v) is 5.41. The van der Waals surface area contributed by atoms with E-state index in [1.54, 1.807) is 0 Å². The molecule has 0 spiro atoms. The first-order chi connectivity index (χ1) is 7.15. The smallest absolute Gasteiger partial charge is 0.129 e. The van der Waals surface area contributed by atoms with Crippen LogP contribution >= 0.6 is 0 Å². The van der Waals surface area contributed by atoms with Crippen LogP contribution in [0.2, 0.25) is 0 Å². The molecule has 1 fully saturated rings. The molecule has 0 bridgehead atoms. The molecule has 1 aliphatic rings. The number of ether oxygens (including phenoxy) is 1. The number of hydrogen-bond donors (Lipinski definition) is 0. The summed E-state index contributed by atoms with van der Waals surface area (Å²) in [5.41, 5.74) is 0.944. The summed E-state index contributed by atoms with van der Waals surface area (Å²) < 4.78 is 5.69. The van der Waals surface area contributed by atoms with Crippen molar-refractivity contribution in [2.75, 3.05) is 18.0 Å². The molecule has 0 N–H and O–H groups in total. The van der Waals surface area contributed by atoms with E-state index in [4.69, 9.17) is 4.74 Å². The highest BCUT2D eigenvalue weighted by Crippen LogP contribution is 2.17. The Bertz CT molecular complexity index is 330. The predicted octanol–water partition coefficient (Wildman–Crippen LogP) is 1.80. The van der Waals surface area contributed by atoms with Gasteiger partial charge in [-0.05, 0) is 32.9 Å². The molecule has 1 aromatic rings. The molecule has 1 radical (unpaired) electrons. The molecule has 2 heterocycles. The number of morpholine rings is 1. The molecular weight excluding hydrogens is 188 g/mol. The van der Waals surface area contributed by atoms with E-state index in [1.807, 2.05) is 19.1 Å².